The van der Waals surface area contributed by atoms with Crippen molar-refractivity contribution in [2.45, 2.75) is 36.8 Å². The van der Waals surface area contributed by atoms with Crippen LogP contribution in [0, 0.1) is 6.92 Å². The van der Waals surface area contributed by atoms with Gasteiger partial charge >= 0.3 is 0 Å². The third kappa shape index (κ3) is 4.16. The fourth-order valence-corrected chi connectivity index (χ4v) is 2.49. The summed E-state index contributed by atoms with van der Waals surface area (Å²) in [7, 11) is 0. The Labute approximate surface area is 101 Å². The molecule has 0 aromatic heterocycles. The number of aliphatic hydroxyl groups is 1. The maximum atomic E-state index is 9.77. The first-order valence-corrected chi connectivity index (χ1v) is 6.83. The molecular weight excluding hydrogens is 218 g/mol. The van der Waals surface area contributed by atoms with E-state index in [1.54, 1.807) is 11.8 Å². The van der Waals surface area contributed by atoms with E-state index in [2.05, 4.69) is 36.5 Å². The number of rotatable bonds is 6. The van der Waals surface area contributed by atoms with Gasteiger partial charge in [0.05, 0.1) is 6.10 Å². The second-order valence-electron chi connectivity index (χ2n) is 4.46. The lowest BCUT2D eigenvalue weighted by Gasteiger charge is -2.11. The molecule has 0 heterocycles. The van der Waals surface area contributed by atoms with Crippen molar-refractivity contribution < 1.29 is 5.11 Å². The van der Waals surface area contributed by atoms with Crippen LogP contribution < -0.4 is 5.32 Å². The molecule has 1 saturated carbocycles. The topological polar surface area (TPSA) is 32.3 Å². The van der Waals surface area contributed by atoms with Gasteiger partial charge in [-0.1, -0.05) is 17.7 Å². The number of hydrogen-bond acceptors (Lipinski definition) is 3. The minimum absolute atomic E-state index is 0.244. The normalized spacial score (nSPS) is 17.4. The van der Waals surface area contributed by atoms with Gasteiger partial charge < -0.3 is 10.4 Å². The molecule has 1 aliphatic rings. The van der Waals surface area contributed by atoms with Crippen molar-refractivity contribution in [3.05, 3.63) is 29.8 Å². The zero-order valence-corrected chi connectivity index (χ0v) is 10.5. The molecule has 0 bridgehead atoms. The highest BCUT2D eigenvalue weighted by atomic mass is 32.2. The quantitative estimate of drug-likeness (QED) is 0.744. The van der Waals surface area contributed by atoms with Crippen LogP contribution in [0.3, 0.4) is 0 Å². The highest BCUT2D eigenvalue weighted by molar-refractivity contribution is 7.99. The molecule has 0 radical (unpaired) electrons. The number of aryl methyl sites for hydroxylation is 1. The summed E-state index contributed by atoms with van der Waals surface area (Å²) in [6.45, 7) is 2.82. The van der Waals surface area contributed by atoms with E-state index < -0.39 is 0 Å². The monoisotopic (exact) mass is 237 g/mol. The molecule has 16 heavy (non-hydrogen) atoms. The summed E-state index contributed by atoms with van der Waals surface area (Å²) < 4.78 is 0. The molecule has 1 aromatic carbocycles. The van der Waals surface area contributed by atoms with E-state index in [0.717, 1.165) is 12.3 Å². The molecule has 2 nitrogen and oxygen atoms in total. The van der Waals surface area contributed by atoms with E-state index in [1.165, 1.54) is 23.3 Å². The van der Waals surface area contributed by atoms with Crippen LogP contribution in [0.5, 0.6) is 0 Å². The van der Waals surface area contributed by atoms with E-state index >= 15 is 0 Å². The minimum Gasteiger partial charge on any atom is -0.391 e. The fraction of sp³-hybridized carbons (Fsp3) is 0.538. The SMILES string of the molecule is Cc1cccc(SCC(O)CNC2CC2)c1. The van der Waals surface area contributed by atoms with Crippen molar-refractivity contribution in [2.75, 3.05) is 12.3 Å². The van der Waals surface area contributed by atoms with Crippen LogP contribution in [0.15, 0.2) is 29.2 Å². The maximum Gasteiger partial charge on any atom is 0.0758 e. The first kappa shape index (κ1) is 12.0. The molecule has 1 aliphatic carbocycles. The van der Waals surface area contributed by atoms with Gasteiger partial charge in [-0.25, -0.2) is 0 Å². The van der Waals surface area contributed by atoms with Crippen LogP contribution in [0.25, 0.3) is 0 Å². The average Bonchev–Trinajstić information content (AvgIpc) is 3.07. The lowest BCUT2D eigenvalue weighted by molar-refractivity contribution is 0.195. The van der Waals surface area contributed by atoms with Crippen molar-refractivity contribution in [3.63, 3.8) is 0 Å². The Morgan fingerprint density at radius 3 is 3.00 bits per heavy atom. The van der Waals surface area contributed by atoms with Gasteiger partial charge in [-0.05, 0) is 31.9 Å². The largest absolute Gasteiger partial charge is 0.391 e. The summed E-state index contributed by atoms with van der Waals surface area (Å²) >= 11 is 1.72. The van der Waals surface area contributed by atoms with Crippen molar-refractivity contribution in [3.8, 4) is 0 Å². The number of aliphatic hydroxyl groups excluding tert-OH is 1. The summed E-state index contributed by atoms with van der Waals surface area (Å²) in [5.74, 6) is 0.767. The lowest BCUT2D eigenvalue weighted by Crippen LogP contribution is -2.29. The van der Waals surface area contributed by atoms with Gasteiger partial charge in [-0.15, -0.1) is 11.8 Å². The Morgan fingerprint density at radius 2 is 2.31 bits per heavy atom. The van der Waals surface area contributed by atoms with Crippen LogP contribution in [0.4, 0.5) is 0 Å². The maximum absolute atomic E-state index is 9.77. The van der Waals surface area contributed by atoms with Crippen LogP contribution in [0.1, 0.15) is 18.4 Å². The first-order valence-electron chi connectivity index (χ1n) is 5.85. The molecule has 88 valence electrons. The van der Waals surface area contributed by atoms with Crippen molar-refractivity contribution in [1.29, 1.82) is 0 Å². The Bertz CT molecular complexity index is 338. The van der Waals surface area contributed by atoms with E-state index in [1.807, 2.05) is 0 Å². The molecule has 3 heteroatoms. The van der Waals surface area contributed by atoms with Gasteiger partial charge in [0.25, 0.3) is 0 Å². The van der Waals surface area contributed by atoms with E-state index in [-0.39, 0.29) is 6.10 Å². The van der Waals surface area contributed by atoms with Crippen LogP contribution >= 0.6 is 11.8 Å². The average molecular weight is 237 g/mol. The van der Waals surface area contributed by atoms with Crippen molar-refractivity contribution in [2.24, 2.45) is 0 Å². The van der Waals surface area contributed by atoms with Gasteiger partial charge in [0.1, 0.15) is 0 Å². The number of hydrogen-bond donors (Lipinski definition) is 2. The summed E-state index contributed by atoms with van der Waals surface area (Å²) in [4.78, 5) is 1.24. The summed E-state index contributed by atoms with van der Waals surface area (Å²) in [5.41, 5.74) is 1.27. The van der Waals surface area contributed by atoms with Crippen LogP contribution in [-0.4, -0.2) is 29.5 Å². The van der Waals surface area contributed by atoms with Crippen molar-refractivity contribution >= 4 is 11.8 Å². The summed E-state index contributed by atoms with van der Waals surface area (Å²) in [5, 5.41) is 13.1. The Kier molecular flexibility index (Phi) is 4.27. The molecule has 2 N–H and O–H groups in total. The molecule has 2 rings (SSSR count). The molecule has 0 spiro atoms. The van der Waals surface area contributed by atoms with E-state index in [4.69, 9.17) is 0 Å². The number of thioether (sulfide) groups is 1. The molecule has 1 aromatic rings. The smallest absolute Gasteiger partial charge is 0.0758 e. The predicted molar refractivity (Wildman–Crippen MR) is 68.9 cm³/mol. The second-order valence-corrected chi connectivity index (χ2v) is 5.56. The van der Waals surface area contributed by atoms with Crippen LogP contribution in [0.2, 0.25) is 0 Å². The van der Waals surface area contributed by atoms with Gasteiger partial charge in [0.15, 0.2) is 0 Å². The Balaban J connectivity index is 1.69. The zero-order chi connectivity index (χ0) is 11.4. The van der Waals surface area contributed by atoms with E-state index in [0.29, 0.717) is 6.04 Å². The van der Waals surface area contributed by atoms with Gasteiger partial charge in [-0.2, -0.15) is 0 Å². The number of benzene rings is 1. The van der Waals surface area contributed by atoms with Gasteiger partial charge in [0, 0.05) is 23.2 Å². The molecule has 1 unspecified atom stereocenters. The van der Waals surface area contributed by atoms with E-state index in [9.17, 15) is 5.11 Å². The molecular formula is C13H19NOS. The Hall–Kier alpha value is -0.510. The van der Waals surface area contributed by atoms with Crippen molar-refractivity contribution in [1.82, 2.24) is 5.32 Å². The zero-order valence-electron chi connectivity index (χ0n) is 9.65. The summed E-state index contributed by atoms with van der Waals surface area (Å²) in [6, 6.07) is 9.09. The molecule has 0 amide bonds. The van der Waals surface area contributed by atoms with Gasteiger partial charge in [0.2, 0.25) is 0 Å². The predicted octanol–water partition coefficient (Wildman–Crippen LogP) is 2.20. The standard InChI is InChI=1S/C13H19NOS/c1-10-3-2-4-13(7-10)16-9-12(15)8-14-11-5-6-11/h2-4,7,11-12,14-15H,5-6,8-9H2,1H3. The molecule has 1 atom stereocenters. The lowest BCUT2D eigenvalue weighted by atomic mass is 10.2. The van der Waals surface area contributed by atoms with Crippen LogP contribution in [-0.2, 0) is 0 Å². The highest BCUT2D eigenvalue weighted by Gasteiger charge is 2.21. The third-order valence-corrected chi connectivity index (χ3v) is 3.79. The third-order valence-electron chi connectivity index (χ3n) is 2.65. The molecule has 1 fully saturated rings. The fourth-order valence-electron chi connectivity index (χ4n) is 1.55. The highest BCUT2D eigenvalue weighted by Crippen LogP contribution is 2.21. The molecule has 0 aliphatic heterocycles. The summed E-state index contributed by atoms with van der Waals surface area (Å²) in [6.07, 6.45) is 2.31. The number of nitrogens with one attached hydrogen (secondary N) is 1. The molecule has 0 saturated heterocycles. The van der Waals surface area contributed by atoms with Gasteiger partial charge in [-0.3, -0.25) is 0 Å². The second kappa shape index (κ2) is 5.71. The minimum atomic E-state index is -0.244. The Morgan fingerprint density at radius 1 is 1.50 bits per heavy atom. The first-order chi connectivity index (χ1) is 7.74.